The van der Waals surface area contributed by atoms with Crippen LogP contribution in [-0.2, 0) is 6.42 Å². The molecule has 1 heterocycles. The van der Waals surface area contributed by atoms with Gasteiger partial charge in [0.05, 0.1) is 0 Å². The Morgan fingerprint density at radius 3 is 2.84 bits per heavy atom. The molecule has 0 spiro atoms. The van der Waals surface area contributed by atoms with Crippen LogP contribution in [0.4, 0.5) is 0 Å². The van der Waals surface area contributed by atoms with E-state index in [9.17, 15) is 4.79 Å². The molecule has 96 valence electrons. The molecule has 0 N–H and O–H groups in total. The summed E-state index contributed by atoms with van der Waals surface area (Å²) in [6.45, 7) is 0. The molecule has 1 aromatic carbocycles. The summed E-state index contributed by atoms with van der Waals surface area (Å²) in [6, 6.07) is 12.1. The second kappa shape index (κ2) is 4.07. The molecule has 4 rings (SSSR count). The third kappa shape index (κ3) is 1.71. The Morgan fingerprint density at radius 1 is 1.21 bits per heavy atom. The number of aryl methyl sites for hydroxylation is 1. The van der Waals surface area contributed by atoms with Crippen LogP contribution in [0, 0.1) is 11.8 Å². The second-order valence-electron chi connectivity index (χ2n) is 5.42. The van der Waals surface area contributed by atoms with Crippen molar-refractivity contribution < 1.29 is 9.21 Å². The molecular weight excluding hydrogens is 304 g/mol. The molecule has 1 saturated carbocycles. The van der Waals surface area contributed by atoms with E-state index in [1.807, 2.05) is 0 Å². The van der Waals surface area contributed by atoms with Crippen molar-refractivity contribution in [1.82, 2.24) is 0 Å². The predicted molar refractivity (Wildman–Crippen MR) is 75.2 cm³/mol. The van der Waals surface area contributed by atoms with Crippen molar-refractivity contribution in [3.8, 4) is 0 Å². The number of benzene rings is 1. The third-order valence-electron chi connectivity index (χ3n) is 4.45. The van der Waals surface area contributed by atoms with Crippen molar-refractivity contribution in [2.45, 2.75) is 18.8 Å². The number of halogens is 1. The lowest BCUT2D eigenvalue weighted by molar-refractivity contribution is 0.0930. The number of Topliss-reactive ketones (excluding diaryl/α,β-unsaturated/α-hetero) is 1. The highest BCUT2D eigenvalue weighted by molar-refractivity contribution is 9.10. The Hall–Kier alpha value is -1.35. The molecule has 2 aliphatic rings. The summed E-state index contributed by atoms with van der Waals surface area (Å²) in [5, 5.41) is 0. The van der Waals surface area contributed by atoms with E-state index in [0.29, 0.717) is 22.3 Å². The molecular formula is C16H13BrO2. The van der Waals surface area contributed by atoms with Crippen LogP contribution < -0.4 is 0 Å². The van der Waals surface area contributed by atoms with Gasteiger partial charge in [-0.1, -0.05) is 24.3 Å². The lowest BCUT2D eigenvalue weighted by atomic mass is 9.92. The summed E-state index contributed by atoms with van der Waals surface area (Å²) in [6.07, 6.45) is 2.23. The molecule has 1 aromatic heterocycles. The van der Waals surface area contributed by atoms with Crippen LogP contribution >= 0.6 is 15.9 Å². The van der Waals surface area contributed by atoms with Gasteiger partial charge < -0.3 is 4.42 Å². The number of fused-ring (bicyclic) bond motifs is 3. The number of rotatable bonds is 2. The van der Waals surface area contributed by atoms with Gasteiger partial charge in [0.2, 0.25) is 5.78 Å². The van der Waals surface area contributed by atoms with Crippen molar-refractivity contribution >= 4 is 21.7 Å². The first-order valence-electron chi connectivity index (χ1n) is 6.63. The number of carbonyl (C=O) groups is 1. The van der Waals surface area contributed by atoms with E-state index >= 15 is 0 Å². The molecule has 0 amide bonds. The van der Waals surface area contributed by atoms with Crippen molar-refractivity contribution in [3.63, 3.8) is 0 Å². The number of hydrogen-bond acceptors (Lipinski definition) is 2. The number of carbonyl (C=O) groups excluding carboxylic acids is 1. The van der Waals surface area contributed by atoms with Crippen LogP contribution in [0.1, 0.15) is 34.0 Å². The summed E-state index contributed by atoms with van der Waals surface area (Å²) in [5.41, 5.74) is 2.79. The maximum Gasteiger partial charge on any atom is 0.202 e. The van der Waals surface area contributed by atoms with Gasteiger partial charge in [0.25, 0.3) is 0 Å². The minimum absolute atomic E-state index is 0.127. The Balaban J connectivity index is 1.65. The van der Waals surface area contributed by atoms with Crippen LogP contribution in [0.3, 0.4) is 0 Å². The molecule has 2 nitrogen and oxygen atoms in total. The third-order valence-corrected chi connectivity index (χ3v) is 4.87. The summed E-state index contributed by atoms with van der Waals surface area (Å²) in [4.78, 5) is 12.5. The van der Waals surface area contributed by atoms with E-state index in [2.05, 4.69) is 40.2 Å². The van der Waals surface area contributed by atoms with Crippen LogP contribution in [0.5, 0.6) is 0 Å². The second-order valence-corrected chi connectivity index (χ2v) is 6.20. The van der Waals surface area contributed by atoms with Crippen LogP contribution in [0.25, 0.3) is 0 Å². The van der Waals surface area contributed by atoms with Gasteiger partial charge in [-0.05, 0) is 63.9 Å². The topological polar surface area (TPSA) is 30.2 Å². The molecule has 19 heavy (non-hydrogen) atoms. The van der Waals surface area contributed by atoms with Crippen LogP contribution in [-0.4, -0.2) is 5.78 Å². The zero-order valence-electron chi connectivity index (χ0n) is 10.3. The minimum atomic E-state index is 0.127. The van der Waals surface area contributed by atoms with Gasteiger partial charge in [-0.25, -0.2) is 0 Å². The average Bonchev–Trinajstić information content (AvgIpc) is 3.03. The van der Waals surface area contributed by atoms with Crippen LogP contribution in [0.2, 0.25) is 0 Å². The molecule has 0 aliphatic heterocycles. The van der Waals surface area contributed by atoms with Crippen molar-refractivity contribution in [1.29, 1.82) is 0 Å². The lowest BCUT2D eigenvalue weighted by Crippen LogP contribution is -2.02. The standard InChI is InChI=1S/C16H13BrO2/c17-13-8-7-12(19-13)16(18)15-11-6-5-9-3-1-2-4-10(9)14(11)15/h1-4,7-8,11,14-15H,5-6H2. The lowest BCUT2D eigenvalue weighted by Gasteiger charge is -2.13. The van der Waals surface area contributed by atoms with Crippen molar-refractivity contribution in [2.24, 2.45) is 11.8 Å². The zero-order valence-corrected chi connectivity index (χ0v) is 11.9. The molecule has 0 bridgehead atoms. The summed E-state index contributed by atoms with van der Waals surface area (Å²) >= 11 is 3.25. The summed E-state index contributed by atoms with van der Waals surface area (Å²) < 4.78 is 6.03. The Kier molecular flexibility index (Phi) is 2.46. The van der Waals surface area contributed by atoms with Crippen LogP contribution in [0.15, 0.2) is 45.5 Å². The first kappa shape index (κ1) is 11.5. The first-order chi connectivity index (χ1) is 9.25. The monoisotopic (exact) mass is 316 g/mol. The van der Waals surface area contributed by atoms with Gasteiger partial charge in [-0.15, -0.1) is 0 Å². The van der Waals surface area contributed by atoms with E-state index in [-0.39, 0.29) is 11.7 Å². The first-order valence-corrected chi connectivity index (χ1v) is 7.42. The molecule has 0 radical (unpaired) electrons. The molecule has 3 unspecified atom stereocenters. The minimum Gasteiger partial charge on any atom is -0.446 e. The molecule has 0 saturated heterocycles. The fraction of sp³-hybridized carbons (Fsp3) is 0.312. The number of ketones is 1. The summed E-state index contributed by atoms with van der Waals surface area (Å²) in [7, 11) is 0. The average molecular weight is 317 g/mol. The van der Waals surface area contributed by atoms with E-state index in [0.717, 1.165) is 12.8 Å². The predicted octanol–water partition coefficient (Wildman–Crippen LogP) is 4.20. The van der Waals surface area contributed by atoms with E-state index < -0.39 is 0 Å². The highest BCUT2D eigenvalue weighted by Gasteiger charge is 2.57. The highest BCUT2D eigenvalue weighted by Crippen LogP contribution is 2.60. The Morgan fingerprint density at radius 2 is 2.05 bits per heavy atom. The normalized spacial score (nSPS) is 27.5. The quantitative estimate of drug-likeness (QED) is 0.777. The van der Waals surface area contributed by atoms with Gasteiger partial charge in [-0.3, -0.25) is 4.79 Å². The largest absolute Gasteiger partial charge is 0.446 e. The Labute approximate surface area is 119 Å². The molecule has 1 fully saturated rings. The van der Waals surface area contributed by atoms with E-state index in [4.69, 9.17) is 4.42 Å². The molecule has 3 heteroatoms. The van der Waals surface area contributed by atoms with Gasteiger partial charge in [0.15, 0.2) is 10.4 Å². The SMILES string of the molecule is O=C(c1ccc(Br)o1)C1C2CCc3ccccc3C21. The van der Waals surface area contributed by atoms with Crippen molar-refractivity contribution in [2.75, 3.05) is 0 Å². The maximum absolute atomic E-state index is 12.5. The Bertz CT molecular complexity index is 658. The fourth-order valence-corrected chi connectivity index (χ4v) is 3.84. The summed E-state index contributed by atoms with van der Waals surface area (Å²) in [5.74, 6) is 1.72. The molecule has 3 atom stereocenters. The van der Waals surface area contributed by atoms with Gasteiger partial charge in [0, 0.05) is 5.92 Å². The van der Waals surface area contributed by atoms with Gasteiger partial charge >= 0.3 is 0 Å². The number of furan rings is 1. The molecule has 2 aromatic rings. The smallest absolute Gasteiger partial charge is 0.202 e. The van der Waals surface area contributed by atoms with Gasteiger partial charge in [-0.2, -0.15) is 0 Å². The number of hydrogen-bond donors (Lipinski definition) is 0. The van der Waals surface area contributed by atoms with E-state index in [1.54, 1.807) is 12.1 Å². The molecule has 2 aliphatic carbocycles. The fourth-order valence-electron chi connectivity index (χ4n) is 3.53. The van der Waals surface area contributed by atoms with E-state index in [1.165, 1.54) is 11.1 Å². The van der Waals surface area contributed by atoms with Crippen molar-refractivity contribution in [3.05, 3.63) is 58.0 Å². The van der Waals surface area contributed by atoms with Gasteiger partial charge in [0.1, 0.15) is 0 Å². The zero-order chi connectivity index (χ0) is 13.0. The highest BCUT2D eigenvalue weighted by atomic mass is 79.9. The maximum atomic E-state index is 12.5.